The number of methoxy groups -OCH3 is 1. The number of amides is 1. The van der Waals surface area contributed by atoms with Gasteiger partial charge in [-0.3, -0.25) is 14.9 Å². The second kappa shape index (κ2) is 8.19. The van der Waals surface area contributed by atoms with Crippen molar-refractivity contribution in [3.8, 4) is 17.0 Å². The van der Waals surface area contributed by atoms with Crippen LogP contribution in [0.1, 0.15) is 33.4 Å². The van der Waals surface area contributed by atoms with Crippen LogP contribution in [0.25, 0.3) is 22.2 Å². The highest BCUT2D eigenvalue weighted by Crippen LogP contribution is 2.42. The molecule has 7 nitrogen and oxygen atoms in total. The molecule has 0 saturated carbocycles. The van der Waals surface area contributed by atoms with Gasteiger partial charge in [0, 0.05) is 41.0 Å². The number of nitrogens with one attached hydrogen (secondary N) is 2. The fraction of sp³-hybridized carbons (Fsp3) is 0.148. The normalized spacial score (nSPS) is 15.1. The zero-order valence-corrected chi connectivity index (χ0v) is 18.7. The summed E-state index contributed by atoms with van der Waals surface area (Å²) in [6.45, 7) is 0.562. The number of aromatic nitrogens is 4. The van der Waals surface area contributed by atoms with Gasteiger partial charge in [-0.25, -0.2) is 0 Å². The van der Waals surface area contributed by atoms with Gasteiger partial charge in [0.05, 0.1) is 18.5 Å². The van der Waals surface area contributed by atoms with Crippen molar-refractivity contribution in [2.24, 2.45) is 0 Å². The maximum absolute atomic E-state index is 13.5. The molecule has 0 unspecified atom stereocenters. The van der Waals surface area contributed by atoms with Crippen LogP contribution in [-0.4, -0.2) is 44.6 Å². The average Bonchev–Trinajstić information content (AvgIpc) is 3.57. The third-order valence-corrected chi connectivity index (χ3v) is 6.49. The number of rotatable bonds is 6. The Bertz CT molecular complexity index is 1470. The largest absolute Gasteiger partial charge is 0.497 e. The summed E-state index contributed by atoms with van der Waals surface area (Å²) in [7, 11) is 1.64. The number of fused-ring (bicyclic) bond motifs is 2. The predicted molar refractivity (Wildman–Crippen MR) is 130 cm³/mol. The molecule has 0 spiro atoms. The molecule has 5 aromatic rings. The van der Waals surface area contributed by atoms with Gasteiger partial charge in [0.15, 0.2) is 0 Å². The molecular weight excluding hydrogens is 426 g/mol. The van der Waals surface area contributed by atoms with Crippen LogP contribution in [0.3, 0.4) is 0 Å². The number of para-hydroxylation sites is 1. The minimum atomic E-state index is -0.315. The molecule has 2 N–H and O–H groups in total. The first-order valence-electron chi connectivity index (χ1n) is 11.2. The van der Waals surface area contributed by atoms with Crippen molar-refractivity contribution in [1.82, 2.24) is 25.1 Å². The van der Waals surface area contributed by atoms with Gasteiger partial charge >= 0.3 is 0 Å². The monoisotopic (exact) mass is 449 g/mol. The predicted octanol–water partition coefficient (Wildman–Crippen LogP) is 4.75. The van der Waals surface area contributed by atoms with Crippen molar-refractivity contribution in [1.29, 1.82) is 0 Å². The summed E-state index contributed by atoms with van der Waals surface area (Å²) >= 11 is 0. The topological polar surface area (TPSA) is 86.9 Å². The van der Waals surface area contributed by atoms with Crippen LogP contribution in [0.5, 0.6) is 5.75 Å². The molecule has 1 atom stereocenters. The SMILES string of the molecule is COc1ccc(-c2n[nH]c3c2[C@H](c2ccccn2)N(CCc2c[nH]c4ccccc24)C3=O)cc1. The Morgan fingerprint density at radius 3 is 2.65 bits per heavy atom. The third-order valence-electron chi connectivity index (χ3n) is 6.49. The Hall–Kier alpha value is -4.39. The standard InChI is InChI=1S/C27H23N5O2/c1-34-19-11-9-17(10-12-19)24-23-25(31-30-24)27(33)32(26(23)22-8-4-5-14-28-22)15-13-18-16-29-21-7-3-2-6-20(18)21/h2-12,14,16,26,29H,13,15H2,1H3,(H,30,31)/t26-/m0/s1. The van der Waals surface area contributed by atoms with Gasteiger partial charge in [0.1, 0.15) is 17.5 Å². The fourth-order valence-corrected chi connectivity index (χ4v) is 4.82. The molecule has 0 aliphatic carbocycles. The van der Waals surface area contributed by atoms with Crippen LogP contribution in [0.15, 0.2) is 79.1 Å². The molecule has 0 saturated heterocycles. The number of carbonyl (C=O) groups excluding carboxylic acids is 1. The minimum absolute atomic E-state index is 0.0576. The number of carbonyl (C=O) groups is 1. The lowest BCUT2D eigenvalue weighted by Crippen LogP contribution is -2.32. The molecule has 168 valence electrons. The summed E-state index contributed by atoms with van der Waals surface area (Å²) in [5.41, 5.74) is 6.19. The van der Waals surface area contributed by atoms with E-state index in [1.165, 1.54) is 10.9 Å². The van der Waals surface area contributed by atoms with Crippen molar-refractivity contribution in [3.05, 3.63) is 102 Å². The Balaban J connectivity index is 1.39. The van der Waals surface area contributed by atoms with E-state index in [2.05, 4.69) is 32.3 Å². The molecule has 4 heterocycles. The van der Waals surface area contributed by atoms with Crippen LogP contribution in [-0.2, 0) is 6.42 Å². The van der Waals surface area contributed by atoms with Crippen molar-refractivity contribution in [2.75, 3.05) is 13.7 Å². The van der Waals surface area contributed by atoms with E-state index >= 15 is 0 Å². The van der Waals surface area contributed by atoms with Gasteiger partial charge in [-0.2, -0.15) is 5.10 Å². The summed E-state index contributed by atoms with van der Waals surface area (Å²) in [5, 5.41) is 8.72. The first kappa shape index (κ1) is 20.2. The third kappa shape index (κ3) is 3.25. The number of hydrogen-bond acceptors (Lipinski definition) is 4. The van der Waals surface area contributed by atoms with Gasteiger partial charge in [-0.15, -0.1) is 0 Å². The van der Waals surface area contributed by atoms with Gasteiger partial charge in [0.25, 0.3) is 5.91 Å². The van der Waals surface area contributed by atoms with E-state index in [4.69, 9.17) is 4.74 Å². The molecule has 2 aromatic carbocycles. The fourth-order valence-electron chi connectivity index (χ4n) is 4.82. The number of benzene rings is 2. The Morgan fingerprint density at radius 1 is 1.03 bits per heavy atom. The maximum atomic E-state index is 13.5. The minimum Gasteiger partial charge on any atom is -0.497 e. The van der Waals surface area contributed by atoms with Crippen LogP contribution in [0, 0.1) is 0 Å². The molecule has 6 rings (SSSR count). The lowest BCUT2D eigenvalue weighted by molar-refractivity contribution is 0.0743. The molecule has 3 aromatic heterocycles. The van der Waals surface area contributed by atoms with E-state index in [9.17, 15) is 4.79 Å². The molecular formula is C27H23N5O2. The smallest absolute Gasteiger partial charge is 0.273 e. The summed E-state index contributed by atoms with van der Waals surface area (Å²) in [5.74, 6) is 0.714. The lowest BCUT2D eigenvalue weighted by atomic mass is 9.99. The van der Waals surface area contributed by atoms with E-state index in [0.717, 1.165) is 40.2 Å². The molecule has 0 radical (unpaired) electrons. The van der Waals surface area contributed by atoms with E-state index in [0.29, 0.717) is 12.2 Å². The average molecular weight is 450 g/mol. The Labute approximate surface area is 196 Å². The van der Waals surface area contributed by atoms with Gasteiger partial charge < -0.3 is 14.6 Å². The molecule has 0 bridgehead atoms. The van der Waals surface area contributed by atoms with Crippen LogP contribution in [0.2, 0.25) is 0 Å². The summed E-state index contributed by atoms with van der Waals surface area (Å²) in [6, 6.07) is 21.4. The number of ether oxygens (including phenoxy) is 1. The highest BCUT2D eigenvalue weighted by molar-refractivity contribution is 6.00. The van der Waals surface area contributed by atoms with Crippen LogP contribution >= 0.6 is 0 Å². The van der Waals surface area contributed by atoms with Gasteiger partial charge in [-0.05, 0) is 54.4 Å². The lowest BCUT2D eigenvalue weighted by Gasteiger charge is -2.25. The summed E-state index contributed by atoms with van der Waals surface area (Å²) < 4.78 is 5.30. The molecule has 1 amide bonds. The number of H-pyrrole nitrogens is 2. The molecule has 0 fully saturated rings. The van der Waals surface area contributed by atoms with Crippen LogP contribution in [0.4, 0.5) is 0 Å². The first-order chi connectivity index (χ1) is 16.7. The number of nitrogens with zero attached hydrogens (tertiary/aromatic N) is 3. The number of pyridine rings is 1. The molecule has 34 heavy (non-hydrogen) atoms. The van der Waals surface area contributed by atoms with Crippen molar-refractivity contribution >= 4 is 16.8 Å². The zero-order chi connectivity index (χ0) is 23.1. The first-order valence-corrected chi connectivity index (χ1v) is 11.2. The van der Waals surface area contributed by atoms with Gasteiger partial charge in [0.2, 0.25) is 0 Å². The van der Waals surface area contributed by atoms with Crippen molar-refractivity contribution in [2.45, 2.75) is 12.5 Å². The highest BCUT2D eigenvalue weighted by Gasteiger charge is 2.42. The number of aromatic amines is 2. The number of hydrogen-bond donors (Lipinski definition) is 2. The maximum Gasteiger partial charge on any atom is 0.273 e. The zero-order valence-electron chi connectivity index (χ0n) is 18.7. The summed E-state index contributed by atoms with van der Waals surface area (Å²) in [4.78, 5) is 23.4. The highest BCUT2D eigenvalue weighted by atomic mass is 16.5. The van der Waals surface area contributed by atoms with Crippen molar-refractivity contribution < 1.29 is 9.53 Å². The van der Waals surface area contributed by atoms with Crippen LogP contribution < -0.4 is 4.74 Å². The molecule has 1 aliphatic heterocycles. The second-order valence-corrected chi connectivity index (χ2v) is 8.35. The van der Waals surface area contributed by atoms with Gasteiger partial charge in [-0.1, -0.05) is 24.3 Å². The second-order valence-electron chi connectivity index (χ2n) is 8.35. The Kier molecular flexibility index (Phi) is 4.87. The Morgan fingerprint density at radius 2 is 1.85 bits per heavy atom. The molecule has 7 heteroatoms. The van der Waals surface area contributed by atoms with Crippen molar-refractivity contribution in [3.63, 3.8) is 0 Å². The van der Waals surface area contributed by atoms with E-state index in [-0.39, 0.29) is 11.9 Å². The molecule has 1 aliphatic rings. The quantitative estimate of drug-likeness (QED) is 0.392. The van der Waals surface area contributed by atoms with E-state index in [1.54, 1.807) is 13.3 Å². The van der Waals surface area contributed by atoms with E-state index in [1.807, 2.05) is 65.7 Å². The van der Waals surface area contributed by atoms with E-state index < -0.39 is 0 Å². The summed E-state index contributed by atoms with van der Waals surface area (Å²) in [6.07, 6.45) is 4.53.